The Morgan fingerprint density at radius 3 is 2.68 bits per heavy atom. The number of benzene rings is 1. The number of rotatable bonds is 6. The van der Waals surface area contributed by atoms with Crippen LogP contribution in [0, 0.1) is 0 Å². The van der Waals surface area contributed by atoms with Gasteiger partial charge in [0.25, 0.3) is 0 Å². The van der Waals surface area contributed by atoms with E-state index in [4.69, 9.17) is 25.6 Å². The van der Waals surface area contributed by atoms with Crippen LogP contribution in [-0.2, 0) is 20.9 Å². The van der Waals surface area contributed by atoms with Gasteiger partial charge in [-0.1, -0.05) is 12.1 Å². The van der Waals surface area contributed by atoms with Crippen molar-refractivity contribution in [1.29, 1.82) is 0 Å². The number of Topliss-reactive ketones (excluding diaryl/α,β-unsaturated/α-hetero) is 1. The summed E-state index contributed by atoms with van der Waals surface area (Å²) in [6.07, 6.45) is 1.36. The minimum absolute atomic E-state index is 0.123. The molecule has 22 heavy (non-hydrogen) atoms. The SMILES string of the molecule is CCOP(=S)(N=NC=C1COc2ccccc2C1=O)OCC. The van der Waals surface area contributed by atoms with Gasteiger partial charge in [-0.2, -0.15) is 5.11 Å². The predicted molar refractivity (Wildman–Crippen MR) is 86.7 cm³/mol. The lowest BCUT2D eigenvalue weighted by Crippen LogP contribution is -2.18. The van der Waals surface area contributed by atoms with Gasteiger partial charge < -0.3 is 13.8 Å². The molecule has 1 aliphatic heterocycles. The number of carbonyl (C=O) groups is 1. The number of hydrogen-bond donors (Lipinski definition) is 0. The molecule has 1 aromatic carbocycles. The van der Waals surface area contributed by atoms with Crippen molar-refractivity contribution < 1.29 is 18.6 Å². The van der Waals surface area contributed by atoms with Gasteiger partial charge >= 0.3 is 6.64 Å². The second-order valence-corrected chi connectivity index (χ2v) is 7.29. The molecule has 0 aromatic heterocycles. The summed E-state index contributed by atoms with van der Waals surface area (Å²) in [5, 5.41) is 3.89. The van der Waals surface area contributed by atoms with Gasteiger partial charge in [0.2, 0.25) is 0 Å². The van der Waals surface area contributed by atoms with E-state index in [0.717, 1.165) is 0 Å². The molecule has 0 atom stereocenters. The summed E-state index contributed by atoms with van der Waals surface area (Å²) in [5.74, 6) is 0.456. The Balaban J connectivity index is 2.16. The van der Waals surface area contributed by atoms with E-state index >= 15 is 0 Å². The summed E-state index contributed by atoms with van der Waals surface area (Å²) >= 11 is 5.22. The molecule has 1 heterocycles. The first kappa shape index (κ1) is 17.0. The minimum Gasteiger partial charge on any atom is -0.488 e. The zero-order chi connectivity index (χ0) is 16.0. The van der Waals surface area contributed by atoms with Crippen molar-refractivity contribution in [3.05, 3.63) is 41.6 Å². The highest BCUT2D eigenvalue weighted by molar-refractivity contribution is 8.09. The van der Waals surface area contributed by atoms with E-state index in [-0.39, 0.29) is 12.4 Å². The Morgan fingerprint density at radius 1 is 1.32 bits per heavy atom. The van der Waals surface area contributed by atoms with Gasteiger partial charge in [0.15, 0.2) is 5.78 Å². The van der Waals surface area contributed by atoms with E-state index in [1.807, 2.05) is 19.9 Å². The van der Waals surface area contributed by atoms with E-state index in [1.165, 1.54) is 6.20 Å². The number of carbonyl (C=O) groups excluding carboxylic acids is 1. The van der Waals surface area contributed by atoms with E-state index in [0.29, 0.717) is 30.1 Å². The fourth-order valence-corrected chi connectivity index (χ4v) is 3.61. The summed E-state index contributed by atoms with van der Waals surface area (Å²) < 4.78 is 16.2. The van der Waals surface area contributed by atoms with Crippen molar-refractivity contribution in [1.82, 2.24) is 0 Å². The molecular weight excluding hydrogens is 323 g/mol. The number of ether oxygens (including phenoxy) is 1. The number of ketones is 1. The molecule has 0 saturated carbocycles. The largest absolute Gasteiger partial charge is 0.488 e. The van der Waals surface area contributed by atoms with E-state index in [2.05, 4.69) is 10.00 Å². The van der Waals surface area contributed by atoms with Gasteiger partial charge in [0, 0.05) is 0 Å². The Morgan fingerprint density at radius 2 is 2.00 bits per heavy atom. The molecule has 0 unspecified atom stereocenters. The van der Waals surface area contributed by atoms with Gasteiger partial charge in [0.1, 0.15) is 12.4 Å². The third-order valence-corrected chi connectivity index (χ3v) is 5.11. The molecule has 0 N–H and O–H groups in total. The molecule has 118 valence electrons. The van der Waals surface area contributed by atoms with Gasteiger partial charge in [-0.05, 0) is 37.8 Å². The maximum Gasteiger partial charge on any atom is 0.327 e. The first-order valence-electron chi connectivity index (χ1n) is 6.86. The highest BCUT2D eigenvalue weighted by Gasteiger charge is 2.23. The van der Waals surface area contributed by atoms with Gasteiger partial charge in [-0.15, -0.1) is 4.88 Å². The lowest BCUT2D eigenvalue weighted by Gasteiger charge is -2.17. The molecule has 6 nitrogen and oxygen atoms in total. The van der Waals surface area contributed by atoms with Gasteiger partial charge in [-0.25, -0.2) is 0 Å². The van der Waals surface area contributed by atoms with Crippen molar-refractivity contribution in [2.45, 2.75) is 13.8 Å². The summed E-state index contributed by atoms with van der Waals surface area (Å²) in [7, 11) is 0. The van der Waals surface area contributed by atoms with Crippen LogP contribution in [0.3, 0.4) is 0 Å². The highest BCUT2D eigenvalue weighted by Crippen LogP contribution is 2.50. The van der Waals surface area contributed by atoms with Crippen LogP contribution in [0.15, 0.2) is 46.0 Å². The molecular formula is C14H17N2O4PS. The minimum atomic E-state index is -2.78. The Hall–Kier alpha value is -1.40. The van der Waals surface area contributed by atoms with E-state index < -0.39 is 6.64 Å². The summed E-state index contributed by atoms with van der Waals surface area (Å²) in [6.45, 7) is 1.78. The van der Waals surface area contributed by atoms with Crippen LogP contribution in [0.4, 0.5) is 0 Å². The standard InChI is InChI=1S/C14H17N2O4PS/c1-3-19-21(22,20-4-2)16-15-9-11-10-18-13-8-6-5-7-12(13)14(11)17/h5-9H,3-4,10H2,1-2H3. The molecule has 1 aromatic rings. The molecule has 2 rings (SSSR count). The third-order valence-electron chi connectivity index (χ3n) is 2.77. The quantitative estimate of drug-likeness (QED) is 0.446. The van der Waals surface area contributed by atoms with Crippen molar-refractivity contribution in [3.8, 4) is 5.75 Å². The first-order chi connectivity index (χ1) is 10.6. The average molecular weight is 340 g/mol. The van der Waals surface area contributed by atoms with Crippen molar-refractivity contribution in [3.63, 3.8) is 0 Å². The van der Waals surface area contributed by atoms with Crippen molar-refractivity contribution in [2.75, 3.05) is 19.8 Å². The number of hydrogen-bond acceptors (Lipinski definition) is 6. The second-order valence-electron chi connectivity index (χ2n) is 4.28. The topological polar surface area (TPSA) is 69.5 Å². The van der Waals surface area contributed by atoms with Crippen LogP contribution in [-0.4, -0.2) is 25.6 Å². The molecule has 0 radical (unpaired) electrons. The summed E-state index contributed by atoms with van der Waals surface area (Å²) in [4.78, 5) is 16.2. The molecule has 0 saturated heterocycles. The fourth-order valence-electron chi connectivity index (χ4n) is 1.84. The van der Waals surface area contributed by atoms with E-state index in [1.54, 1.807) is 18.2 Å². The second kappa shape index (κ2) is 7.74. The number of fused-ring (bicyclic) bond motifs is 1. The van der Waals surface area contributed by atoms with Crippen LogP contribution in [0.1, 0.15) is 24.2 Å². The predicted octanol–water partition coefficient (Wildman–Crippen LogP) is 3.90. The van der Waals surface area contributed by atoms with Crippen LogP contribution >= 0.6 is 6.64 Å². The van der Waals surface area contributed by atoms with Crippen LogP contribution in [0.25, 0.3) is 0 Å². The summed E-state index contributed by atoms with van der Waals surface area (Å²) in [6, 6.07) is 7.08. The third kappa shape index (κ3) is 4.08. The van der Waals surface area contributed by atoms with Crippen LogP contribution < -0.4 is 4.74 Å². The Labute approximate surface area is 134 Å². The monoisotopic (exact) mass is 340 g/mol. The van der Waals surface area contributed by atoms with Crippen LogP contribution in [0.2, 0.25) is 0 Å². The van der Waals surface area contributed by atoms with Gasteiger partial charge in [-0.3, -0.25) is 4.79 Å². The molecule has 1 aliphatic rings. The molecule has 0 amide bonds. The lowest BCUT2D eigenvalue weighted by atomic mass is 10.0. The number of para-hydroxylation sites is 1. The molecule has 0 bridgehead atoms. The fraction of sp³-hybridized carbons (Fsp3) is 0.357. The average Bonchev–Trinajstić information content (AvgIpc) is 2.50. The molecule has 0 fully saturated rings. The Bertz CT molecular complexity index is 650. The maximum atomic E-state index is 12.3. The van der Waals surface area contributed by atoms with Crippen molar-refractivity contribution in [2.24, 2.45) is 10.00 Å². The smallest absolute Gasteiger partial charge is 0.327 e. The van der Waals surface area contributed by atoms with Gasteiger partial charge in [0.05, 0.1) is 30.6 Å². The molecule has 0 aliphatic carbocycles. The molecule has 8 heteroatoms. The highest BCUT2D eigenvalue weighted by atomic mass is 32.5. The summed E-state index contributed by atoms with van der Waals surface area (Å²) in [5.41, 5.74) is 0.932. The van der Waals surface area contributed by atoms with E-state index in [9.17, 15) is 4.79 Å². The lowest BCUT2D eigenvalue weighted by molar-refractivity contribution is 0.0999. The number of nitrogens with zero attached hydrogens (tertiary/aromatic N) is 2. The van der Waals surface area contributed by atoms with Crippen molar-refractivity contribution >= 4 is 24.2 Å². The maximum absolute atomic E-state index is 12.3. The zero-order valence-corrected chi connectivity index (χ0v) is 14.1. The first-order valence-corrected chi connectivity index (χ1v) is 9.45. The normalized spacial score (nSPS) is 16.8. The van der Waals surface area contributed by atoms with Crippen LogP contribution in [0.5, 0.6) is 5.75 Å². The Kier molecular flexibility index (Phi) is 5.97. The molecule has 0 spiro atoms. The zero-order valence-electron chi connectivity index (χ0n) is 12.4.